The van der Waals surface area contributed by atoms with E-state index in [1.807, 2.05) is 19.9 Å². The van der Waals surface area contributed by atoms with Gasteiger partial charge in [-0.15, -0.1) is 11.8 Å². The van der Waals surface area contributed by atoms with Crippen molar-refractivity contribution in [2.45, 2.75) is 37.9 Å². The topological polar surface area (TPSA) is 57.8 Å². The van der Waals surface area contributed by atoms with E-state index in [1.54, 1.807) is 11.8 Å². The zero-order valence-corrected chi connectivity index (χ0v) is 10.5. The molecule has 2 rings (SSSR count). The van der Waals surface area contributed by atoms with E-state index in [9.17, 15) is 4.79 Å². The standard InChI is InChI=1S/C11H17N3OS/c1-3-8-7-9(14-13-8)12-10(15)11(2)5-4-6-16-11/h7H,3-6H2,1-2H3,(H2,12,13,14,15). The van der Waals surface area contributed by atoms with Crippen LogP contribution in [0, 0.1) is 0 Å². The predicted octanol–water partition coefficient (Wildman–Crippen LogP) is 2.20. The summed E-state index contributed by atoms with van der Waals surface area (Å²) in [5.74, 6) is 1.78. The summed E-state index contributed by atoms with van der Waals surface area (Å²) in [4.78, 5) is 12.0. The molecule has 88 valence electrons. The highest BCUT2D eigenvalue weighted by atomic mass is 32.2. The van der Waals surface area contributed by atoms with Gasteiger partial charge < -0.3 is 5.32 Å². The number of hydrogen-bond acceptors (Lipinski definition) is 3. The van der Waals surface area contributed by atoms with Crippen molar-refractivity contribution >= 4 is 23.5 Å². The van der Waals surface area contributed by atoms with Crippen LogP contribution in [0.1, 0.15) is 32.4 Å². The number of carbonyl (C=O) groups is 1. The monoisotopic (exact) mass is 239 g/mol. The molecule has 1 amide bonds. The van der Waals surface area contributed by atoms with Crippen LogP contribution in [0.15, 0.2) is 6.07 Å². The molecule has 1 aliphatic heterocycles. The van der Waals surface area contributed by atoms with E-state index in [4.69, 9.17) is 0 Å². The molecule has 0 radical (unpaired) electrons. The third kappa shape index (κ3) is 2.24. The summed E-state index contributed by atoms with van der Waals surface area (Å²) in [6.07, 6.45) is 2.97. The largest absolute Gasteiger partial charge is 0.308 e. The van der Waals surface area contributed by atoms with Crippen LogP contribution in [0.2, 0.25) is 0 Å². The minimum absolute atomic E-state index is 0.0733. The van der Waals surface area contributed by atoms with E-state index in [0.717, 1.165) is 30.7 Å². The maximum absolute atomic E-state index is 12.0. The van der Waals surface area contributed by atoms with Crippen LogP contribution >= 0.6 is 11.8 Å². The van der Waals surface area contributed by atoms with E-state index < -0.39 is 0 Å². The number of nitrogens with one attached hydrogen (secondary N) is 2. The van der Waals surface area contributed by atoms with E-state index in [2.05, 4.69) is 15.5 Å². The highest BCUT2D eigenvalue weighted by molar-refractivity contribution is 8.01. The van der Waals surface area contributed by atoms with Gasteiger partial charge in [-0.25, -0.2) is 0 Å². The lowest BCUT2D eigenvalue weighted by atomic mass is 10.1. The average Bonchev–Trinajstić information content (AvgIpc) is 2.88. The SMILES string of the molecule is CCc1cc(NC(=O)C2(C)CCCS2)n[nH]1. The van der Waals surface area contributed by atoms with Crippen LogP contribution in [-0.2, 0) is 11.2 Å². The Morgan fingerprint density at radius 3 is 3.12 bits per heavy atom. The Morgan fingerprint density at radius 2 is 2.56 bits per heavy atom. The number of aromatic nitrogens is 2. The molecule has 1 aromatic rings. The van der Waals surface area contributed by atoms with Gasteiger partial charge in [-0.1, -0.05) is 6.92 Å². The maximum atomic E-state index is 12.0. The molecule has 5 heteroatoms. The predicted molar refractivity (Wildman–Crippen MR) is 66.7 cm³/mol. The normalized spacial score (nSPS) is 24.6. The number of aryl methyl sites for hydroxylation is 1. The lowest BCUT2D eigenvalue weighted by molar-refractivity contribution is -0.118. The molecule has 1 aliphatic rings. The molecule has 2 N–H and O–H groups in total. The zero-order valence-electron chi connectivity index (χ0n) is 9.67. The van der Waals surface area contributed by atoms with Gasteiger partial charge >= 0.3 is 0 Å². The van der Waals surface area contributed by atoms with Gasteiger partial charge in [0.15, 0.2) is 5.82 Å². The molecule has 1 saturated heterocycles. The van der Waals surface area contributed by atoms with Crippen LogP contribution in [0.3, 0.4) is 0 Å². The van der Waals surface area contributed by atoms with Crippen LogP contribution in [-0.4, -0.2) is 26.6 Å². The van der Waals surface area contributed by atoms with Gasteiger partial charge in [0.05, 0.1) is 4.75 Å². The number of H-pyrrole nitrogens is 1. The Morgan fingerprint density at radius 1 is 1.75 bits per heavy atom. The summed E-state index contributed by atoms with van der Waals surface area (Å²) >= 11 is 1.73. The summed E-state index contributed by atoms with van der Waals surface area (Å²) in [5.41, 5.74) is 1.04. The number of thioether (sulfide) groups is 1. The lowest BCUT2D eigenvalue weighted by Gasteiger charge is -2.20. The van der Waals surface area contributed by atoms with Crippen molar-refractivity contribution in [2.24, 2.45) is 0 Å². The molecular formula is C11H17N3OS. The number of nitrogens with zero attached hydrogens (tertiary/aromatic N) is 1. The van der Waals surface area contributed by atoms with Crippen LogP contribution < -0.4 is 5.32 Å². The molecule has 0 aliphatic carbocycles. The van der Waals surface area contributed by atoms with Crippen LogP contribution in [0.5, 0.6) is 0 Å². The highest BCUT2D eigenvalue weighted by Crippen LogP contribution is 2.38. The molecule has 1 fully saturated rings. The number of carbonyl (C=O) groups excluding carboxylic acids is 1. The van der Waals surface area contributed by atoms with Crippen LogP contribution in [0.4, 0.5) is 5.82 Å². The molecule has 0 aromatic carbocycles. The Kier molecular flexibility index (Phi) is 3.23. The summed E-state index contributed by atoms with van der Waals surface area (Å²) in [6.45, 7) is 4.06. The molecule has 4 nitrogen and oxygen atoms in total. The summed E-state index contributed by atoms with van der Waals surface area (Å²) < 4.78 is -0.272. The van der Waals surface area contributed by atoms with Crippen molar-refractivity contribution in [3.05, 3.63) is 11.8 Å². The fourth-order valence-corrected chi connectivity index (χ4v) is 3.02. The van der Waals surface area contributed by atoms with Crippen molar-refractivity contribution in [3.8, 4) is 0 Å². The second kappa shape index (κ2) is 4.49. The molecule has 2 heterocycles. The minimum Gasteiger partial charge on any atom is -0.308 e. The third-order valence-electron chi connectivity index (χ3n) is 2.95. The smallest absolute Gasteiger partial charge is 0.241 e. The van der Waals surface area contributed by atoms with E-state index in [0.29, 0.717) is 5.82 Å². The number of rotatable bonds is 3. The van der Waals surface area contributed by atoms with Gasteiger partial charge in [-0.05, 0) is 31.9 Å². The Hall–Kier alpha value is -0.970. The first-order valence-electron chi connectivity index (χ1n) is 5.64. The van der Waals surface area contributed by atoms with E-state index in [-0.39, 0.29) is 10.7 Å². The molecule has 1 aromatic heterocycles. The lowest BCUT2D eigenvalue weighted by Crippen LogP contribution is -2.34. The fourth-order valence-electron chi connectivity index (χ4n) is 1.81. The van der Waals surface area contributed by atoms with Gasteiger partial charge in [0, 0.05) is 11.8 Å². The molecule has 0 bridgehead atoms. The average molecular weight is 239 g/mol. The quantitative estimate of drug-likeness (QED) is 0.850. The number of amides is 1. The first-order chi connectivity index (χ1) is 7.64. The molecule has 1 unspecified atom stereocenters. The molecule has 0 saturated carbocycles. The van der Waals surface area contributed by atoms with E-state index in [1.165, 1.54) is 0 Å². The number of anilines is 1. The second-order valence-corrected chi connectivity index (χ2v) is 5.87. The first kappa shape index (κ1) is 11.5. The number of aromatic amines is 1. The molecule has 1 atom stereocenters. The Bertz CT molecular complexity index is 382. The van der Waals surface area contributed by atoms with Gasteiger partial charge in [-0.3, -0.25) is 9.89 Å². The highest BCUT2D eigenvalue weighted by Gasteiger charge is 2.37. The van der Waals surface area contributed by atoms with Crippen molar-refractivity contribution in [2.75, 3.05) is 11.1 Å². The van der Waals surface area contributed by atoms with Crippen molar-refractivity contribution in [1.82, 2.24) is 10.2 Å². The molecule has 16 heavy (non-hydrogen) atoms. The van der Waals surface area contributed by atoms with Crippen molar-refractivity contribution < 1.29 is 4.79 Å². The minimum atomic E-state index is -0.272. The molecular weight excluding hydrogens is 222 g/mol. The third-order valence-corrected chi connectivity index (χ3v) is 4.47. The Labute approximate surface area is 99.6 Å². The first-order valence-corrected chi connectivity index (χ1v) is 6.62. The Balaban J connectivity index is 2.01. The molecule has 0 spiro atoms. The summed E-state index contributed by atoms with van der Waals surface area (Å²) in [5, 5.41) is 9.83. The number of hydrogen-bond donors (Lipinski definition) is 2. The summed E-state index contributed by atoms with van der Waals surface area (Å²) in [6, 6.07) is 1.89. The van der Waals surface area contributed by atoms with E-state index >= 15 is 0 Å². The van der Waals surface area contributed by atoms with Gasteiger partial charge in [0.25, 0.3) is 0 Å². The summed E-state index contributed by atoms with van der Waals surface area (Å²) in [7, 11) is 0. The second-order valence-electron chi connectivity index (χ2n) is 4.27. The van der Waals surface area contributed by atoms with Crippen molar-refractivity contribution in [3.63, 3.8) is 0 Å². The van der Waals surface area contributed by atoms with Gasteiger partial charge in [0.2, 0.25) is 5.91 Å². The van der Waals surface area contributed by atoms with Gasteiger partial charge in [-0.2, -0.15) is 5.10 Å². The maximum Gasteiger partial charge on any atom is 0.241 e. The zero-order chi connectivity index (χ0) is 11.6. The van der Waals surface area contributed by atoms with Crippen molar-refractivity contribution in [1.29, 1.82) is 0 Å². The fraction of sp³-hybridized carbons (Fsp3) is 0.636. The van der Waals surface area contributed by atoms with Gasteiger partial charge in [0.1, 0.15) is 0 Å². The van der Waals surface area contributed by atoms with Crippen LogP contribution in [0.25, 0.3) is 0 Å².